The standard InChI is InChI=1S/C7H11BrFN3/c1-7(9,4-10)6-5(8)3-11-12(6)2/h3H,4,10H2,1-2H3. The number of hydrogen-bond acceptors (Lipinski definition) is 2. The van der Waals surface area contributed by atoms with Crippen LogP contribution in [0.4, 0.5) is 4.39 Å². The van der Waals surface area contributed by atoms with Crippen LogP contribution in [0.2, 0.25) is 0 Å². The van der Waals surface area contributed by atoms with Gasteiger partial charge in [0.2, 0.25) is 0 Å². The third-order valence-electron chi connectivity index (χ3n) is 1.77. The predicted octanol–water partition coefficient (Wildman–Crippen LogP) is 1.33. The van der Waals surface area contributed by atoms with Gasteiger partial charge in [-0.25, -0.2) is 4.39 Å². The van der Waals surface area contributed by atoms with E-state index in [-0.39, 0.29) is 6.54 Å². The zero-order valence-electron chi connectivity index (χ0n) is 7.01. The molecule has 12 heavy (non-hydrogen) atoms. The van der Waals surface area contributed by atoms with Crippen molar-refractivity contribution in [2.24, 2.45) is 12.8 Å². The fraction of sp³-hybridized carbons (Fsp3) is 0.571. The Morgan fingerprint density at radius 2 is 2.42 bits per heavy atom. The lowest BCUT2D eigenvalue weighted by atomic mass is 10.1. The van der Waals surface area contributed by atoms with E-state index in [9.17, 15) is 4.39 Å². The molecule has 1 unspecified atom stereocenters. The van der Waals surface area contributed by atoms with Crippen molar-refractivity contribution in [3.8, 4) is 0 Å². The van der Waals surface area contributed by atoms with E-state index in [2.05, 4.69) is 21.0 Å². The summed E-state index contributed by atoms with van der Waals surface area (Å²) in [5.74, 6) is 0. The van der Waals surface area contributed by atoms with Crippen molar-refractivity contribution >= 4 is 15.9 Å². The summed E-state index contributed by atoms with van der Waals surface area (Å²) in [5.41, 5.74) is 4.25. The van der Waals surface area contributed by atoms with Gasteiger partial charge in [0.15, 0.2) is 5.67 Å². The van der Waals surface area contributed by atoms with E-state index >= 15 is 0 Å². The van der Waals surface area contributed by atoms with Crippen molar-refractivity contribution in [2.45, 2.75) is 12.6 Å². The maximum absolute atomic E-state index is 13.7. The van der Waals surface area contributed by atoms with Crippen molar-refractivity contribution in [3.63, 3.8) is 0 Å². The van der Waals surface area contributed by atoms with E-state index in [4.69, 9.17) is 5.73 Å². The van der Waals surface area contributed by atoms with Crippen molar-refractivity contribution in [1.29, 1.82) is 0 Å². The van der Waals surface area contributed by atoms with Crippen LogP contribution in [0.15, 0.2) is 10.7 Å². The monoisotopic (exact) mass is 235 g/mol. The minimum atomic E-state index is -1.52. The second-order valence-electron chi connectivity index (χ2n) is 2.87. The lowest BCUT2D eigenvalue weighted by Crippen LogP contribution is -2.29. The van der Waals surface area contributed by atoms with E-state index in [0.29, 0.717) is 10.2 Å². The van der Waals surface area contributed by atoms with Crippen molar-refractivity contribution in [3.05, 3.63) is 16.4 Å². The lowest BCUT2D eigenvalue weighted by Gasteiger charge is -2.18. The molecule has 0 radical (unpaired) electrons. The smallest absolute Gasteiger partial charge is 0.162 e. The largest absolute Gasteiger partial charge is 0.327 e. The van der Waals surface area contributed by atoms with E-state index in [0.717, 1.165) is 0 Å². The quantitative estimate of drug-likeness (QED) is 0.841. The lowest BCUT2D eigenvalue weighted by molar-refractivity contribution is 0.188. The Kier molecular flexibility index (Phi) is 2.53. The zero-order valence-corrected chi connectivity index (χ0v) is 8.60. The second-order valence-corrected chi connectivity index (χ2v) is 3.72. The van der Waals surface area contributed by atoms with Gasteiger partial charge in [0.25, 0.3) is 0 Å². The molecule has 0 aliphatic rings. The number of rotatable bonds is 2. The zero-order chi connectivity index (χ0) is 9.35. The first-order chi connectivity index (χ1) is 5.49. The summed E-state index contributed by atoms with van der Waals surface area (Å²) >= 11 is 3.21. The van der Waals surface area contributed by atoms with Crippen LogP contribution >= 0.6 is 15.9 Å². The van der Waals surface area contributed by atoms with Gasteiger partial charge >= 0.3 is 0 Å². The summed E-state index contributed by atoms with van der Waals surface area (Å²) in [6, 6.07) is 0. The van der Waals surface area contributed by atoms with Gasteiger partial charge in [0.1, 0.15) is 0 Å². The number of nitrogens with two attached hydrogens (primary N) is 1. The van der Waals surface area contributed by atoms with Gasteiger partial charge in [-0.1, -0.05) is 0 Å². The molecule has 0 saturated carbocycles. The Balaban J connectivity index is 3.17. The molecule has 0 aliphatic heterocycles. The predicted molar refractivity (Wildman–Crippen MR) is 48.4 cm³/mol. The third kappa shape index (κ3) is 1.51. The van der Waals surface area contributed by atoms with E-state index < -0.39 is 5.67 Å². The van der Waals surface area contributed by atoms with Gasteiger partial charge in [-0.2, -0.15) is 5.10 Å². The molecule has 5 heteroatoms. The molecule has 3 nitrogen and oxygen atoms in total. The van der Waals surface area contributed by atoms with Gasteiger partial charge in [-0.05, 0) is 22.9 Å². The first-order valence-electron chi connectivity index (χ1n) is 3.56. The van der Waals surface area contributed by atoms with E-state index in [1.807, 2.05) is 0 Å². The molecule has 0 saturated heterocycles. The topological polar surface area (TPSA) is 43.8 Å². The molecule has 0 bridgehead atoms. The average molecular weight is 236 g/mol. The molecule has 0 aliphatic carbocycles. The average Bonchev–Trinajstić information content (AvgIpc) is 2.31. The molecule has 2 N–H and O–H groups in total. The first kappa shape index (κ1) is 9.67. The molecule has 1 aromatic rings. The molecule has 1 rings (SSSR count). The molecule has 68 valence electrons. The van der Waals surface area contributed by atoms with E-state index in [1.165, 1.54) is 11.6 Å². The summed E-state index contributed by atoms with van der Waals surface area (Å²) in [4.78, 5) is 0. The summed E-state index contributed by atoms with van der Waals surface area (Å²) in [6.45, 7) is 1.39. The maximum atomic E-state index is 13.7. The molecular formula is C7H11BrFN3. The Morgan fingerprint density at radius 1 is 1.83 bits per heavy atom. The number of halogens is 2. The van der Waals surface area contributed by atoms with Gasteiger partial charge in [-0.15, -0.1) is 0 Å². The van der Waals surface area contributed by atoms with Gasteiger partial charge in [0.05, 0.1) is 16.4 Å². The molecule has 0 aromatic carbocycles. The second kappa shape index (κ2) is 3.14. The highest BCUT2D eigenvalue weighted by Gasteiger charge is 2.29. The number of nitrogens with zero attached hydrogens (tertiary/aromatic N) is 2. The molecular weight excluding hydrogens is 225 g/mol. The molecule has 1 atom stereocenters. The first-order valence-corrected chi connectivity index (χ1v) is 4.35. The summed E-state index contributed by atoms with van der Waals surface area (Å²) < 4.78 is 15.8. The minimum absolute atomic E-state index is 0.0505. The van der Waals surface area contributed by atoms with Crippen LogP contribution in [0.5, 0.6) is 0 Å². The summed E-state index contributed by atoms with van der Waals surface area (Å²) in [5, 5.41) is 3.90. The van der Waals surface area contributed by atoms with Crippen LogP contribution in [0.25, 0.3) is 0 Å². The molecule has 1 aromatic heterocycles. The Labute approximate surface area is 78.9 Å². The summed E-state index contributed by atoms with van der Waals surface area (Å²) in [6.07, 6.45) is 1.56. The Bertz CT molecular complexity index is 263. The normalized spacial score (nSPS) is 16.1. The SMILES string of the molecule is Cn1ncc(Br)c1C(C)(F)CN. The fourth-order valence-corrected chi connectivity index (χ4v) is 1.86. The van der Waals surface area contributed by atoms with Crippen molar-refractivity contribution in [2.75, 3.05) is 6.54 Å². The Morgan fingerprint density at radius 3 is 2.75 bits per heavy atom. The fourth-order valence-electron chi connectivity index (χ4n) is 1.09. The summed E-state index contributed by atoms with van der Waals surface area (Å²) in [7, 11) is 1.69. The van der Waals surface area contributed by atoms with Crippen LogP contribution in [-0.4, -0.2) is 16.3 Å². The number of alkyl halides is 1. The van der Waals surface area contributed by atoms with Crippen LogP contribution in [0.3, 0.4) is 0 Å². The Hall–Kier alpha value is -0.420. The highest BCUT2D eigenvalue weighted by atomic mass is 79.9. The van der Waals surface area contributed by atoms with Gasteiger partial charge in [-0.3, -0.25) is 4.68 Å². The number of aromatic nitrogens is 2. The highest BCUT2D eigenvalue weighted by molar-refractivity contribution is 9.10. The van der Waals surface area contributed by atoms with Crippen LogP contribution in [0, 0.1) is 0 Å². The van der Waals surface area contributed by atoms with Crippen LogP contribution in [-0.2, 0) is 12.7 Å². The molecule has 0 amide bonds. The highest BCUT2D eigenvalue weighted by Crippen LogP contribution is 2.29. The molecule has 0 fully saturated rings. The molecule has 0 spiro atoms. The van der Waals surface area contributed by atoms with Crippen LogP contribution in [0.1, 0.15) is 12.6 Å². The number of aryl methyl sites for hydroxylation is 1. The van der Waals surface area contributed by atoms with Gasteiger partial charge < -0.3 is 5.73 Å². The van der Waals surface area contributed by atoms with Gasteiger partial charge in [0, 0.05) is 13.6 Å². The minimum Gasteiger partial charge on any atom is -0.327 e. The van der Waals surface area contributed by atoms with Crippen molar-refractivity contribution in [1.82, 2.24) is 9.78 Å². The van der Waals surface area contributed by atoms with Crippen molar-refractivity contribution < 1.29 is 4.39 Å². The maximum Gasteiger partial charge on any atom is 0.162 e. The number of hydrogen-bond donors (Lipinski definition) is 1. The third-order valence-corrected chi connectivity index (χ3v) is 2.35. The molecule has 1 heterocycles. The van der Waals surface area contributed by atoms with Crippen LogP contribution < -0.4 is 5.73 Å². The van der Waals surface area contributed by atoms with E-state index in [1.54, 1.807) is 13.2 Å².